The summed E-state index contributed by atoms with van der Waals surface area (Å²) in [6.45, 7) is 1.39. The number of hydrogen-bond donors (Lipinski definition) is 0. The van der Waals surface area contributed by atoms with Gasteiger partial charge in [-0.1, -0.05) is 24.3 Å². The molecular weight excluding hydrogens is 433 g/mol. The molecule has 0 unspecified atom stereocenters. The quantitative estimate of drug-likeness (QED) is 0.534. The average Bonchev–Trinajstić information content (AvgIpc) is 3.03. The summed E-state index contributed by atoms with van der Waals surface area (Å²) in [5.41, 5.74) is 2.55. The molecule has 0 fully saturated rings. The van der Waals surface area contributed by atoms with E-state index < -0.39 is 10.0 Å². The fraction of sp³-hybridized carbons (Fsp3) is 0.250. The molecule has 0 amide bonds. The third-order valence-corrected chi connectivity index (χ3v) is 7.04. The molecule has 8 heteroatoms. The van der Waals surface area contributed by atoms with Crippen molar-refractivity contribution in [1.82, 2.24) is 4.31 Å². The first-order valence-corrected chi connectivity index (χ1v) is 11.6. The summed E-state index contributed by atoms with van der Waals surface area (Å²) >= 11 is 0. The molecule has 0 atom stereocenters. The molecule has 1 heterocycles. The number of hydrogen-bond acceptors (Lipinski definition) is 5. The molecule has 0 bridgehead atoms. The highest BCUT2D eigenvalue weighted by Crippen LogP contribution is 2.29. The molecule has 168 valence electrons. The van der Waals surface area contributed by atoms with Crippen LogP contribution >= 0.6 is 0 Å². The van der Waals surface area contributed by atoms with E-state index in [1.807, 2.05) is 18.2 Å². The van der Waals surface area contributed by atoms with Gasteiger partial charge in [-0.15, -0.1) is 0 Å². The highest BCUT2D eigenvalue weighted by atomic mass is 32.2. The molecule has 0 aliphatic carbocycles. The number of methoxy groups -OCH3 is 1. The first-order valence-electron chi connectivity index (χ1n) is 10.2. The number of nitrogens with zero attached hydrogens (tertiary/aromatic N) is 1. The molecule has 3 aromatic carbocycles. The zero-order valence-corrected chi connectivity index (χ0v) is 18.5. The Bertz CT molecular complexity index is 1180. The Balaban J connectivity index is 1.48. The Kier molecular flexibility index (Phi) is 6.74. The fourth-order valence-corrected chi connectivity index (χ4v) is 4.93. The predicted octanol–water partition coefficient (Wildman–Crippen LogP) is 4.13. The molecule has 0 aromatic heterocycles. The van der Waals surface area contributed by atoms with Crippen molar-refractivity contribution in [3.8, 4) is 11.5 Å². The van der Waals surface area contributed by atoms with Crippen molar-refractivity contribution in [3.63, 3.8) is 0 Å². The van der Waals surface area contributed by atoms with Crippen molar-refractivity contribution >= 4 is 10.0 Å². The summed E-state index contributed by atoms with van der Waals surface area (Å²) in [5, 5.41) is 0. The van der Waals surface area contributed by atoms with Gasteiger partial charge in [-0.3, -0.25) is 0 Å². The van der Waals surface area contributed by atoms with Gasteiger partial charge in [-0.05, 0) is 47.5 Å². The van der Waals surface area contributed by atoms with Crippen LogP contribution in [0.25, 0.3) is 0 Å². The van der Waals surface area contributed by atoms with Crippen molar-refractivity contribution < 1.29 is 27.0 Å². The van der Waals surface area contributed by atoms with Crippen molar-refractivity contribution in [2.24, 2.45) is 0 Å². The van der Waals surface area contributed by atoms with Crippen LogP contribution < -0.4 is 9.47 Å². The van der Waals surface area contributed by atoms with Crippen LogP contribution in [0.4, 0.5) is 4.39 Å². The zero-order valence-electron chi connectivity index (χ0n) is 17.7. The molecule has 6 nitrogen and oxygen atoms in total. The lowest BCUT2D eigenvalue weighted by Gasteiger charge is -2.20. The first-order chi connectivity index (χ1) is 15.5. The standard InChI is InChI=1S/C24H24FNO5S/c1-29-22-3-2-4-23(14-22)32(27,28)26-11-12-31-24-10-7-19(13-20(24)15-26)17-30-16-18-5-8-21(25)9-6-18/h2-10,13-14H,11-12,15-17H2,1H3. The Morgan fingerprint density at radius 3 is 2.53 bits per heavy atom. The molecule has 1 aliphatic heterocycles. The maximum absolute atomic E-state index is 13.2. The summed E-state index contributed by atoms with van der Waals surface area (Å²) in [6.07, 6.45) is 0. The van der Waals surface area contributed by atoms with E-state index in [-0.39, 0.29) is 30.4 Å². The summed E-state index contributed by atoms with van der Waals surface area (Å²) in [4.78, 5) is 0.180. The normalized spacial score (nSPS) is 14.3. The molecule has 3 aromatic rings. The minimum absolute atomic E-state index is 0.180. The van der Waals surface area contributed by atoms with Gasteiger partial charge in [0.15, 0.2) is 0 Å². The summed E-state index contributed by atoms with van der Waals surface area (Å²) in [7, 11) is -2.22. The molecule has 0 saturated heterocycles. The third kappa shape index (κ3) is 5.09. The van der Waals surface area contributed by atoms with Crippen molar-refractivity contribution in [1.29, 1.82) is 0 Å². The molecule has 0 saturated carbocycles. The molecular formula is C24H24FNO5S. The van der Waals surface area contributed by atoms with E-state index in [9.17, 15) is 12.8 Å². The summed E-state index contributed by atoms with van der Waals surface area (Å²) < 4.78 is 57.6. The number of halogens is 1. The Morgan fingerprint density at radius 1 is 1.00 bits per heavy atom. The van der Waals surface area contributed by atoms with Gasteiger partial charge < -0.3 is 14.2 Å². The number of benzene rings is 3. The lowest BCUT2D eigenvalue weighted by atomic mass is 10.1. The minimum atomic E-state index is -3.72. The Labute approximate surface area is 187 Å². The Morgan fingerprint density at radius 2 is 1.75 bits per heavy atom. The van der Waals surface area contributed by atoms with E-state index in [0.717, 1.165) is 16.7 Å². The van der Waals surface area contributed by atoms with Crippen LogP contribution in [-0.2, 0) is 34.5 Å². The highest BCUT2D eigenvalue weighted by molar-refractivity contribution is 7.89. The largest absolute Gasteiger partial charge is 0.497 e. The maximum atomic E-state index is 13.2. The number of ether oxygens (including phenoxy) is 3. The third-order valence-electron chi connectivity index (χ3n) is 5.20. The van der Waals surface area contributed by atoms with Crippen molar-refractivity contribution in [3.05, 3.63) is 89.2 Å². The van der Waals surface area contributed by atoms with Crippen LogP contribution in [0.5, 0.6) is 11.5 Å². The van der Waals surface area contributed by atoms with Crippen LogP contribution in [-0.4, -0.2) is 33.0 Å². The van der Waals surface area contributed by atoms with Gasteiger partial charge in [-0.25, -0.2) is 12.8 Å². The predicted molar refractivity (Wildman–Crippen MR) is 117 cm³/mol. The lowest BCUT2D eigenvalue weighted by Crippen LogP contribution is -2.32. The highest BCUT2D eigenvalue weighted by Gasteiger charge is 2.28. The molecule has 32 heavy (non-hydrogen) atoms. The SMILES string of the molecule is COc1cccc(S(=O)(=O)N2CCOc3ccc(COCc4ccc(F)cc4)cc3C2)c1. The van der Waals surface area contributed by atoms with Crippen LogP contribution in [0.15, 0.2) is 71.6 Å². The van der Waals surface area contributed by atoms with E-state index in [1.165, 1.54) is 29.6 Å². The van der Waals surface area contributed by atoms with Crippen LogP contribution in [0.1, 0.15) is 16.7 Å². The van der Waals surface area contributed by atoms with Crippen molar-refractivity contribution in [2.45, 2.75) is 24.7 Å². The van der Waals surface area contributed by atoms with Gasteiger partial charge in [0.05, 0.1) is 25.2 Å². The number of sulfonamides is 1. The van der Waals surface area contributed by atoms with Gasteiger partial charge in [0.2, 0.25) is 10.0 Å². The van der Waals surface area contributed by atoms with Gasteiger partial charge in [0, 0.05) is 24.7 Å². The van der Waals surface area contributed by atoms with Crippen LogP contribution in [0, 0.1) is 5.82 Å². The van der Waals surface area contributed by atoms with E-state index in [2.05, 4.69) is 0 Å². The molecule has 4 rings (SSSR count). The first kappa shape index (κ1) is 22.3. The fourth-order valence-electron chi connectivity index (χ4n) is 3.50. The molecule has 1 aliphatic rings. The second-order valence-corrected chi connectivity index (χ2v) is 9.37. The van der Waals surface area contributed by atoms with Gasteiger partial charge in [0.25, 0.3) is 0 Å². The van der Waals surface area contributed by atoms with E-state index in [1.54, 1.807) is 30.3 Å². The monoisotopic (exact) mass is 457 g/mol. The van der Waals surface area contributed by atoms with E-state index in [4.69, 9.17) is 14.2 Å². The maximum Gasteiger partial charge on any atom is 0.243 e. The van der Waals surface area contributed by atoms with E-state index in [0.29, 0.717) is 24.7 Å². The molecule has 0 radical (unpaired) electrons. The average molecular weight is 458 g/mol. The van der Waals surface area contributed by atoms with Crippen LogP contribution in [0.3, 0.4) is 0 Å². The zero-order chi connectivity index (χ0) is 22.6. The van der Waals surface area contributed by atoms with Crippen molar-refractivity contribution in [2.75, 3.05) is 20.3 Å². The van der Waals surface area contributed by atoms with Gasteiger partial charge in [0.1, 0.15) is 23.9 Å². The minimum Gasteiger partial charge on any atom is -0.497 e. The lowest BCUT2D eigenvalue weighted by molar-refractivity contribution is 0.107. The topological polar surface area (TPSA) is 65.1 Å². The second-order valence-electron chi connectivity index (χ2n) is 7.43. The number of rotatable bonds is 7. The van der Waals surface area contributed by atoms with E-state index >= 15 is 0 Å². The molecule has 0 N–H and O–H groups in total. The summed E-state index contributed by atoms with van der Waals surface area (Å²) in [5.74, 6) is 0.863. The van der Waals surface area contributed by atoms with Gasteiger partial charge in [-0.2, -0.15) is 4.31 Å². The molecule has 0 spiro atoms. The van der Waals surface area contributed by atoms with Gasteiger partial charge >= 0.3 is 0 Å². The second kappa shape index (κ2) is 9.68. The number of fused-ring (bicyclic) bond motifs is 1. The Hall–Kier alpha value is -2.94. The smallest absolute Gasteiger partial charge is 0.243 e. The van der Waals surface area contributed by atoms with Crippen LogP contribution in [0.2, 0.25) is 0 Å². The summed E-state index contributed by atoms with van der Waals surface area (Å²) in [6, 6.07) is 18.2.